The summed E-state index contributed by atoms with van der Waals surface area (Å²) in [5, 5.41) is 7.13. The van der Waals surface area contributed by atoms with Crippen molar-refractivity contribution in [2.24, 2.45) is 0 Å². The summed E-state index contributed by atoms with van der Waals surface area (Å²) in [6, 6.07) is 9.13. The van der Waals surface area contributed by atoms with Crippen molar-refractivity contribution < 1.29 is 4.79 Å². The minimum atomic E-state index is -0.349. The highest BCUT2D eigenvalue weighted by molar-refractivity contribution is 7.99. The summed E-state index contributed by atoms with van der Waals surface area (Å²) in [6.45, 7) is 1.59. The summed E-state index contributed by atoms with van der Waals surface area (Å²) in [5.74, 6) is 2.43. The minimum Gasteiger partial charge on any atom is -0.352 e. The molecule has 1 aromatic carbocycles. The van der Waals surface area contributed by atoms with E-state index in [0.717, 1.165) is 24.6 Å². The molecule has 0 radical (unpaired) electrons. The molecule has 0 bridgehead atoms. The number of carbonyl (C=O) groups is 1. The molecule has 1 amide bonds. The lowest BCUT2D eigenvalue weighted by Crippen LogP contribution is -2.33. The quantitative estimate of drug-likeness (QED) is 0.740. The summed E-state index contributed by atoms with van der Waals surface area (Å²) in [7, 11) is 0. The summed E-state index contributed by atoms with van der Waals surface area (Å²) < 4.78 is 2.62. The van der Waals surface area contributed by atoms with Gasteiger partial charge in [-0.05, 0) is 12.1 Å². The van der Waals surface area contributed by atoms with Crippen LogP contribution in [0.2, 0.25) is 0 Å². The number of fused-ring (bicyclic) bond motifs is 1. The standard InChI is InChI=1S/C17H18N6O2S/c24-14(19-13-4-2-1-3-5-13)12-23-17(25)22-7-6-18-15(16(22)20-23)21-8-10-26-11-9-21/h1-7H,8-12H2,(H,19,24). The third kappa shape index (κ3) is 3.30. The van der Waals surface area contributed by atoms with Gasteiger partial charge in [0.1, 0.15) is 6.54 Å². The van der Waals surface area contributed by atoms with Gasteiger partial charge >= 0.3 is 5.69 Å². The molecule has 134 valence electrons. The molecule has 26 heavy (non-hydrogen) atoms. The van der Waals surface area contributed by atoms with Crippen LogP contribution in [0, 0.1) is 0 Å². The van der Waals surface area contributed by atoms with E-state index in [1.165, 1.54) is 9.08 Å². The van der Waals surface area contributed by atoms with Gasteiger partial charge in [-0.1, -0.05) is 18.2 Å². The average Bonchev–Trinajstić information content (AvgIpc) is 2.99. The van der Waals surface area contributed by atoms with Crippen LogP contribution in [0.15, 0.2) is 47.5 Å². The van der Waals surface area contributed by atoms with Gasteiger partial charge in [0.05, 0.1) is 0 Å². The van der Waals surface area contributed by atoms with Crippen molar-refractivity contribution in [3.05, 3.63) is 53.2 Å². The fraction of sp³-hybridized carbons (Fsp3) is 0.294. The molecule has 0 atom stereocenters. The molecule has 0 aliphatic carbocycles. The molecule has 1 saturated heterocycles. The molecule has 3 heterocycles. The molecule has 0 saturated carbocycles. The molecule has 1 fully saturated rings. The fourth-order valence-electron chi connectivity index (χ4n) is 2.89. The highest BCUT2D eigenvalue weighted by Gasteiger charge is 2.19. The van der Waals surface area contributed by atoms with E-state index in [2.05, 4.69) is 20.3 Å². The summed E-state index contributed by atoms with van der Waals surface area (Å²) in [4.78, 5) is 31.4. The first-order chi connectivity index (χ1) is 12.7. The molecule has 4 rings (SSSR count). The van der Waals surface area contributed by atoms with E-state index in [9.17, 15) is 9.59 Å². The lowest BCUT2D eigenvalue weighted by atomic mass is 10.3. The predicted molar refractivity (Wildman–Crippen MR) is 102 cm³/mol. The SMILES string of the molecule is O=C(Cn1nc2c(N3CCSCC3)nccn2c1=O)Nc1ccccc1. The van der Waals surface area contributed by atoms with Gasteiger partial charge in [-0.2, -0.15) is 11.8 Å². The lowest BCUT2D eigenvalue weighted by Gasteiger charge is -2.27. The molecular weight excluding hydrogens is 352 g/mol. The maximum Gasteiger partial charge on any atom is 0.350 e. The molecule has 8 nitrogen and oxygen atoms in total. The van der Waals surface area contributed by atoms with Crippen LogP contribution in [0.5, 0.6) is 0 Å². The van der Waals surface area contributed by atoms with E-state index in [0.29, 0.717) is 17.2 Å². The Morgan fingerprint density at radius 1 is 1.19 bits per heavy atom. The van der Waals surface area contributed by atoms with Gasteiger partial charge in [-0.25, -0.2) is 18.9 Å². The first-order valence-corrected chi connectivity index (χ1v) is 9.49. The Balaban J connectivity index is 1.61. The van der Waals surface area contributed by atoms with Crippen LogP contribution in [0.3, 0.4) is 0 Å². The van der Waals surface area contributed by atoms with E-state index >= 15 is 0 Å². The topological polar surface area (TPSA) is 84.5 Å². The molecule has 0 spiro atoms. The number of benzene rings is 1. The van der Waals surface area contributed by atoms with Crippen molar-refractivity contribution in [1.29, 1.82) is 0 Å². The minimum absolute atomic E-state index is 0.148. The molecule has 1 aliphatic rings. The van der Waals surface area contributed by atoms with Crippen molar-refractivity contribution in [3.63, 3.8) is 0 Å². The maximum atomic E-state index is 12.6. The zero-order valence-electron chi connectivity index (χ0n) is 14.0. The molecule has 3 aromatic rings. The van der Waals surface area contributed by atoms with Gasteiger partial charge in [-0.3, -0.25) is 4.79 Å². The van der Waals surface area contributed by atoms with Crippen LogP contribution < -0.4 is 15.9 Å². The zero-order valence-corrected chi connectivity index (χ0v) is 14.9. The van der Waals surface area contributed by atoms with Crippen LogP contribution in [0.4, 0.5) is 11.5 Å². The molecule has 1 aliphatic heterocycles. The second kappa shape index (κ2) is 7.20. The number of anilines is 2. The molecule has 9 heteroatoms. The molecular formula is C17H18N6O2S. The second-order valence-corrected chi connectivity index (χ2v) is 7.12. The Hall–Kier alpha value is -2.81. The summed E-state index contributed by atoms with van der Waals surface area (Å²) in [5.41, 5.74) is 0.817. The third-order valence-electron chi connectivity index (χ3n) is 4.14. The second-order valence-electron chi connectivity index (χ2n) is 5.90. The maximum absolute atomic E-state index is 12.6. The third-order valence-corrected chi connectivity index (χ3v) is 5.09. The Morgan fingerprint density at radius 2 is 1.96 bits per heavy atom. The van der Waals surface area contributed by atoms with E-state index in [1.54, 1.807) is 24.5 Å². The molecule has 1 N–H and O–H groups in total. The highest BCUT2D eigenvalue weighted by atomic mass is 32.2. The number of carbonyl (C=O) groups excluding carboxylic acids is 1. The van der Waals surface area contributed by atoms with Crippen molar-refractivity contribution in [2.75, 3.05) is 34.8 Å². The molecule has 2 aromatic heterocycles. The summed E-state index contributed by atoms with van der Waals surface area (Å²) in [6.07, 6.45) is 3.18. The normalized spacial score (nSPS) is 14.5. The van der Waals surface area contributed by atoms with E-state index < -0.39 is 0 Å². The van der Waals surface area contributed by atoms with Crippen LogP contribution in [-0.4, -0.2) is 49.7 Å². The van der Waals surface area contributed by atoms with Crippen LogP contribution in [0.25, 0.3) is 5.65 Å². The number of hydrogen-bond donors (Lipinski definition) is 1. The van der Waals surface area contributed by atoms with Gasteiger partial charge in [0.25, 0.3) is 0 Å². The van der Waals surface area contributed by atoms with Crippen molar-refractivity contribution in [2.45, 2.75) is 6.54 Å². The van der Waals surface area contributed by atoms with Gasteiger partial charge in [0.2, 0.25) is 11.6 Å². The van der Waals surface area contributed by atoms with Crippen molar-refractivity contribution in [1.82, 2.24) is 19.2 Å². The average molecular weight is 370 g/mol. The monoisotopic (exact) mass is 370 g/mol. The highest BCUT2D eigenvalue weighted by Crippen LogP contribution is 2.20. The molecule has 0 unspecified atom stereocenters. The van der Waals surface area contributed by atoms with Crippen LogP contribution in [-0.2, 0) is 11.3 Å². The number of nitrogens with zero attached hydrogens (tertiary/aromatic N) is 5. The predicted octanol–water partition coefficient (Wildman–Crippen LogP) is 1.08. The van der Waals surface area contributed by atoms with Crippen LogP contribution in [0.1, 0.15) is 0 Å². The number of nitrogens with one attached hydrogen (secondary N) is 1. The number of amides is 1. The number of thioether (sulfide) groups is 1. The fourth-order valence-corrected chi connectivity index (χ4v) is 3.80. The Labute approximate surface area is 153 Å². The van der Waals surface area contributed by atoms with E-state index in [-0.39, 0.29) is 18.1 Å². The van der Waals surface area contributed by atoms with Gasteiger partial charge in [0.15, 0.2) is 5.82 Å². The van der Waals surface area contributed by atoms with Crippen molar-refractivity contribution in [3.8, 4) is 0 Å². The van der Waals surface area contributed by atoms with Gasteiger partial charge in [0, 0.05) is 42.7 Å². The van der Waals surface area contributed by atoms with Gasteiger partial charge in [-0.15, -0.1) is 5.10 Å². The van der Waals surface area contributed by atoms with Crippen LogP contribution >= 0.6 is 11.8 Å². The largest absolute Gasteiger partial charge is 0.352 e. The number of para-hydroxylation sites is 1. The van der Waals surface area contributed by atoms with E-state index in [1.807, 2.05) is 30.0 Å². The summed E-state index contributed by atoms with van der Waals surface area (Å²) >= 11 is 1.90. The lowest BCUT2D eigenvalue weighted by molar-refractivity contribution is -0.117. The number of aromatic nitrogens is 4. The van der Waals surface area contributed by atoms with E-state index in [4.69, 9.17) is 0 Å². The Morgan fingerprint density at radius 3 is 2.73 bits per heavy atom. The Kier molecular flexibility index (Phi) is 4.61. The first kappa shape index (κ1) is 16.6. The van der Waals surface area contributed by atoms with Crippen molar-refractivity contribution >= 4 is 34.8 Å². The smallest absolute Gasteiger partial charge is 0.350 e. The first-order valence-electron chi connectivity index (χ1n) is 8.34. The Bertz CT molecular complexity index is 978. The van der Waals surface area contributed by atoms with Gasteiger partial charge < -0.3 is 10.2 Å². The zero-order chi connectivity index (χ0) is 17.9. The number of hydrogen-bond acceptors (Lipinski definition) is 6. The number of rotatable bonds is 4.